The largest absolute Gasteiger partial charge is 0.465 e. The molecule has 118 valence electrons. The molecule has 0 aromatic rings. The van der Waals surface area contributed by atoms with Crippen molar-refractivity contribution >= 4 is 17.5 Å². The van der Waals surface area contributed by atoms with Crippen LogP contribution >= 0.6 is 0 Å². The molecule has 0 saturated heterocycles. The summed E-state index contributed by atoms with van der Waals surface area (Å²) in [5, 5.41) is 0. The van der Waals surface area contributed by atoms with E-state index in [1.54, 1.807) is 0 Å². The van der Waals surface area contributed by atoms with Crippen LogP contribution in [0.5, 0.6) is 0 Å². The van der Waals surface area contributed by atoms with Crippen molar-refractivity contribution in [3.8, 4) is 11.8 Å². The van der Waals surface area contributed by atoms with Gasteiger partial charge >= 0.3 is 5.97 Å². The van der Waals surface area contributed by atoms with Crippen molar-refractivity contribution in [3.63, 3.8) is 0 Å². The number of carbonyl (C=O) groups is 3. The maximum atomic E-state index is 11.8. The number of hydrogen-bond donors (Lipinski definition) is 0. The SMILES string of the molecule is CCCCCCOC(=O)C(CC#CCCC(C)=O)C(C)=O. The van der Waals surface area contributed by atoms with Crippen LogP contribution in [0.4, 0.5) is 0 Å². The van der Waals surface area contributed by atoms with Crippen LogP contribution in [0.3, 0.4) is 0 Å². The smallest absolute Gasteiger partial charge is 0.317 e. The van der Waals surface area contributed by atoms with E-state index in [0.29, 0.717) is 19.4 Å². The van der Waals surface area contributed by atoms with Crippen LogP contribution in [0.2, 0.25) is 0 Å². The van der Waals surface area contributed by atoms with Gasteiger partial charge < -0.3 is 4.74 Å². The van der Waals surface area contributed by atoms with E-state index in [1.165, 1.54) is 13.8 Å². The zero-order valence-electron chi connectivity index (χ0n) is 13.4. The fourth-order valence-corrected chi connectivity index (χ4v) is 1.70. The zero-order chi connectivity index (χ0) is 16.1. The van der Waals surface area contributed by atoms with Crippen LogP contribution in [0.1, 0.15) is 65.7 Å². The zero-order valence-corrected chi connectivity index (χ0v) is 13.4. The van der Waals surface area contributed by atoms with Gasteiger partial charge in [0, 0.05) is 19.3 Å². The minimum atomic E-state index is -0.805. The van der Waals surface area contributed by atoms with Gasteiger partial charge in [-0.3, -0.25) is 14.4 Å². The monoisotopic (exact) mass is 294 g/mol. The highest BCUT2D eigenvalue weighted by Gasteiger charge is 2.23. The number of rotatable bonds is 10. The average Bonchev–Trinajstić information content (AvgIpc) is 2.41. The molecule has 0 aliphatic heterocycles. The lowest BCUT2D eigenvalue weighted by molar-refractivity contribution is -0.151. The van der Waals surface area contributed by atoms with Crippen molar-refractivity contribution in [2.24, 2.45) is 5.92 Å². The van der Waals surface area contributed by atoms with Crippen molar-refractivity contribution in [1.29, 1.82) is 0 Å². The van der Waals surface area contributed by atoms with Gasteiger partial charge in [-0.1, -0.05) is 26.2 Å². The Morgan fingerprint density at radius 3 is 2.33 bits per heavy atom. The first-order valence-corrected chi connectivity index (χ1v) is 7.61. The maximum Gasteiger partial charge on any atom is 0.317 e. The average molecular weight is 294 g/mol. The first kappa shape index (κ1) is 19.4. The second-order valence-electron chi connectivity index (χ2n) is 5.15. The summed E-state index contributed by atoms with van der Waals surface area (Å²) in [6, 6.07) is 0. The lowest BCUT2D eigenvalue weighted by Gasteiger charge is -2.10. The van der Waals surface area contributed by atoms with Gasteiger partial charge in [-0.15, -0.1) is 11.8 Å². The molecule has 4 nitrogen and oxygen atoms in total. The summed E-state index contributed by atoms with van der Waals surface area (Å²) < 4.78 is 5.13. The highest BCUT2D eigenvalue weighted by atomic mass is 16.5. The third kappa shape index (κ3) is 10.8. The standard InChI is InChI=1S/C17H26O4/c1-4-5-6-10-13-21-17(20)16(15(3)19)12-9-7-8-11-14(2)18/h16H,4-6,8,10-13H2,1-3H3. The number of Topliss-reactive ketones (excluding diaryl/α,β-unsaturated/α-hetero) is 2. The minimum absolute atomic E-state index is 0.0823. The van der Waals surface area contributed by atoms with Crippen LogP contribution in [-0.2, 0) is 19.1 Å². The molecule has 0 bridgehead atoms. The molecule has 0 fully saturated rings. The lowest BCUT2D eigenvalue weighted by Crippen LogP contribution is -2.24. The van der Waals surface area contributed by atoms with Crippen LogP contribution in [0.25, 0.3) is 0 Å². The molecule has 0 rings (SSSR count). The predicted molar refractivity (Wildman–Crippen MR) is 81.6 cm³/mol. The molecular weight excluding hydrogens is 268 g/mol. The summed E-state index contributed by atoms with van der Waals surface area (Å²) in [5.74, 6) is 4.16. The molecule has 0 aliphatic carbocycles. The third-order valence-corrected chi connectivity index (χ3v) is 3.05. The van der Waals surface area contributed by atoms with E-state index in [9.17, 15) is 14.4 Å². The Kier molecular flexibility index (Phi) is 11.2. The molecule has 0 radical (unpaired) electrons. The molecule has 0 aromatic heterocycles. The Hall–Kier alpha value is -1.63. The first-order chi connectivity index (χ1) is 9.99. The third-order valence-electron chi connectivity index (χ3n) is 3.05. The fourth-order valence-electron chi connectivity index (χ4n) is 1.70. The van der Waals surface area contributed by atoms with Gasteiger partial charge in [-0.25, -0.2) is 0 Å². The topological polar surface area (TPSA) is 60.4 Å². The molecule has 0 aliphatic rings. The Bertz CT molecular complexity index is 401. The summed E-state index contributed by atoms with van der Waals surface area (Å²) in [5.41, 5.74) is 0. The van der Waals surface area contributed by atoms with Gasteiger partial charge in [0.1, 0.15) is 17.5 Å². The van der Waals surface area contributed by atoms with E-state index in [0.717, 1.165) is 25.7 Å². The number of hydrogen-bond acceptors (Lipinski definition) is 4. The van der Waals surface area contributed by atoms with Crippen LogP contribution in [0, 0.1) is 17.8 Å². The molecule has 0 aromatic carbocycles. The second-order valence-corrected chi connectivity index (χ2v) is 5.15. The Balaban J connectivity index is 4.13. The van der Waals surface area contributed by atoms with Crippen LogP contribution in [0.15, 0.2) is 0 Å². The Labute approximate surface area is 127 Å². The Morgan fingerprint density at radius 1 is 1.05 bits per heavy atom. The van der Waals surface area contributed by atoms with Crippen molar-refractivity contribution in [1.82, 2.24) is 0 Å². The molecule has 1 atom stereocenters. The van der Waals surface area contributed by atoms with Crippen molar-refractivity contribution < 1.29 is 19.1 Å². The minimum Gasteiger partial charge on any atom is -0.465 e. The highest BCUT2D eigenvalue weighted by molar-refractivity contribution is 5.98. The van der Waals surface area contributed by atoms with Gasteiger partial charge in [0.15, 0.2) is 0 Å². The number of esters is 1. The molecule has 0 spiro atoms. The summed E-state index contributed by atoms with van der Waals surface area (Å²) in [7, 11) is 0. The molecular formula is C17H26O4. The van der Waals surface area contributed by atoms with E-state index in [2.05, 4.69) is 18.8 Å². The van der Waals surface area contributed by atoms with Gasteiger partial charge in [0.05, 0.1) is 6.61 Å². The van der Waals surface area contributed by atoms with Crippen molar-refractivity contribution in [2.75, 3.05) is 6.61 Å². The molecule has 0 saturated carbocycles. The van der Waals surface area contributed by atoms with E-state index < -0.39 is 11.9 Å². The van der Waals surface area contributed by atoms with Gasteiger partial charge in [-0.05, 0) is 20.3 Å². The maximum absolute atomic E-state index is 11.8. The summed E-state index contributed by atoms with van der Waals surface area (Å²) in [4.78, 5) is 34.0. The summed E-state index contributed by atoms with van der Waals surface area (Å²) in [6.45, 7) is 5.36. The predicted octanol–water partition coefficient (Wildman–Crippen LogP) is 3.08. The summed E-state index contributed by atoms with van der Waals surface area (Å²) in [6.07, 6.45) is 5.13. The fraction of sp³-hybridized carbons (Fsp3) is 0.706. The normalized spacial score (nSPS) is 11.2. The van der Waals surface area contributed by atoms with E-state index >= 15 is 0 Å². The Morgan fingerprint density at radius 2 is 1.76 bits per heavy atom. The molecule has 0 heterocycles. The molecule has 0 N–H and O–H groups in total. The second kappa shape index (κ2) is 12.1. The summed E-state index contributed by atoms with van der Waals surface area (Å²) >= 11 is 0. The number of ether oxygens (including phenoxy) is 1. The lowest BCUT2D eigenvalue weighted by atomic mass is 10.0. The quantitative estimate of drug-likeness (QED) is 0.269. The van der Waals surface area contributed by atoms with Crippen LogP contribution < -0.4 is 0 Å². The molecule has 1 unspecified atom stereocenters. The van der Waals surface area contributed by atoms with Crippen molar-refractivity contribution in [2.45, 2.75) is 65.7 Å². The molecule has 4 heteroatoms. The van der Waals surface area contributed by atoms with Gasteiger partial charge in [0.2, 0.25) is 0 Å². The highest BCUT2D eigenvalue weighted by Crippen LogP contribution is 2.08. The van der Waals surface area contributed by atoms with Gasteiger partial charge in [-0.2, -0.15) is 0 Å². The van der Waals surface area contributed by atoms with E-state index in [4.69, 9.17) is 4.74 Å². The van der Waals surface area contributed by atoms with Gasteiger partial charge in [0.25, 0.3) is 0 Å². The number of carbonyl (C=O) groups excluding carboxylic acids is 3. The van der Waals surface area contributed by atoms with Crippen LogP contribution in [-0.4, -0.2) is 24.1 Å². The van der Waals surface area contributed by atoms with E-state index in [1.807, 2.05) is 0 Å². The number of ketones is 2. The molecule has 0 amide bonds. The number of unbranched alkanes of at least 4 members (excludes halogenated alkanes) is 3. The first-order valence-electron chi connectivity index (χ1n) is 7.61. The van der Waals surface area contributed by atoms with Crippen molar-refractivity contribution in [3.05, 3.63) is 0 Å². The van der Waals surface area contributed by atoms with E-state index in [-0.39, 0.29) is 18.0 Å². The molecule has 21 heavy (non-hydrogen) atoms.